The molecule has 112 valence electrons. The van der Waals surface area contributed by atoms with Crippen LogP contribution in [0.1, 0.15) is 36.6 Å². The summed E-state index contributed by atoms with van der Waals surface area (Å²) in [5.74, 6) is 1.64. The minimum Gasteiger partial charge on any atom is -0.451 e. The molecule has 0 radical (unpaired) electrons. The average molecular weight is 286 g/mol. The van der Waals surface area contributed by atoms with Crippen molar-refractivity contribution in [2.75, 3.05) is 19.6 Å². The molecule has 2 aliphatic heterocycles. The van der Waals surface area contributed by atoms with Gasteiger partial charge in [0.2, 0.25) is 0 Å². The summed E-state index contributed by atoms with van der Waals surface area (Å²) in [6.45, 7) is 7.20. The van der Waals surface area contributed by atoms with Crippen LogP contribution in [-0.4, -0.2) is 36.5 Å². The highest BCUT2D eigenvalue weighted by Crippen LogP contribution is 2.28. The molecule has 1 N–H and O–H groups in total. The standard InChI is InChI=1S/C17H22N2O2/c1-3-5-12(4-2)15-6-7-16(21-15)17(20)18-14-11-19-9-8-13(14)10-19/h3-7,13-14H,8-11H2,1-2H3,(H,18,20)/b5-3-,12-4+/t13-,14-/m0/s1. The zero-order valence-electron chi connectivity index (χ0n) is 12.6. The lowest BCUT2D eigenvalue weighted by Gasteiger charge is -2.22. The summed E-state index contributed by atoms with van der Waals surface area (Å²) in [4.78, 5) is 14.7. The second-order valence-corrected chi connectivity index (χ2v) is 5.80. The molecule has 1 amide bonds. The molecule has 2 saturated heterocycles. The summed E-state index contributed by atoms with van der Waals surface area (Å²) >= 11 is 0. The molecule has 2 aliphatic rings. The van der Waals surface area contributed by atoms with Crippen molar-refractivity contribution in [2.45, 2.75) is 26.3 Å². The Morgan fingerprint density at radius 2 is 2.14 bits per heavy atom. The number of furan rings is 1. The van der Waals surface area contributed by atoms with Gasteiger partial charge in [0, 0.05) is 24.7 Å². The first-order valence-corrected chi connectivity index (χ1v) is 7.63. The third-order valence-electron chi connectivity index (χ3n) is 4.42. The number of hydrogen-bond acceptors (Lipinski definition) is 3. The number of carbonyl (C=O) groups is 1. The van der Waals surface area contributed by atoms with Crippen LogP contribution < -0.4 is 5.32 Å². The molecule has 2 bridgehead atoms. The molecular weight excluding hydrogens is 264 g/mol. The van der Waals surface area contributed by atoms with E-state index in [1.54, 1.807) is 6.07 Å². The maximum Gasteiger partial charge on any atom is 0.287 e. The molecule has 21 heavy (non-hydrogen) atoms. The largest absolute Gasteiger partial charge is 0.451 e. The number of nitrogens with zero attached hydrogens (tertiary/aromatic N) is 1. The van der Waals surface area contributed by atoms with Gasteiger partial charge in [0.25, 0.3) is 5.91 Å². The third-order valence-corrected chi connectivity index (χ3v) is 4.42. The van der Waals surface area contributed by atoms with Crippen LogP contribution in [0.3, 0.4) is 0 Å². The van der Waals surface area contributed by atoms with Crippen LogP contribution in [0.4, 0.5) is 0 Å². The van der Waals surface area contributed by atoms with Crippen molar-refractivity contribution >= 4 is 11.5 Å². The van der Waals surface area contributed by atoms with Crippen molar-refractivity contribution in [3.05, 3.63) is 41.9 Å². The van der Waals surface area contributed by atoms with Gasteiger partial charge in [0.1, 0.15) is 5.76 Å². The molecule has 1 aromatic rings. The van der Waals surface area contributed by atoms with Gasteiger partial charge in [-0.3, -0.25) is 4.79 Å². The second-order valence-electron chi connectivity index (χ2n) is 5.80. The summed E-state index contributed by atoms with van der Waals surface area (Å²) in [5.41, 5.74) is 0.989. The molecule has 4 heteroatoms. The summed E-state index contributed by atoms with van der Waals surface area (Å²) < 4.78 is 5.70. The van der Waals surface area contributed by atoms with Gasteiger partial charge in [-0.1, -0.05) is 18.2 Å². The SMILES string of the molecule is C/C=C\C(=C/C)c1ccc(C(=O)N[C@H]2CN3CC[C@H]2C3)o1. The van der Waals surface area contributed by atoms with Crippen molar-refractivity contribution < 1.29 is 9.21 Å². The Kier molecular flexibility index (Phi) is 3.97. The van der Waals surface area contributed by atoms with E-state index in [-0.39, 0.29) is 11.9 Å². The van der Waals surface area contributed by atoms with E-state index in [1.807, 2.05) is 38.1 Å². The van der Waals surface area contributed by atoms with E-state index >= 15 is 0 Å². The van der Waals surface area contributed by atoms with Gasteiger partial charge in [0.05, 0.1) is 0 Å². The molecule has 1 unspecified atom stereocenters. The summed E-state index contributed by atoms with van der Waals surface area (Å²) in [5, 5.41) is 3.12. The highest BCUT2D eigenvalue weighted by molar-refractivity contribution is 5.92. The minimum atomic E-state index is -0.101. The molecule has 0 aliphatic carbocycles. The molecule has 4 nitrogen and oxygen atoms in total. The van der Waals surface area contributed by atoms with Crippen LogP contribution in [-0.2, 0) is 0 Å². The van der Waals surface area contributed by atoms with Crippen molar-refractivity contribution in [3.63, 3.8) is 0 Å². The van der Waals surface area contributed by atoms with Crippen LogP contribution >= 0.6 is 0 Å². The monoisotopic (exact) mass is 286 g/mol. The number of fused-ring (bicyclic) bond motifs is 2. The number of rotatable bonds is 4. The number of hydrogen-bond donors (Lipinski definition) is 1. The topological polar surface area (TPSA) is 45.5 Å². The van der Waals surface area contributed by atoms with Gasteiger partial charge in [-0.25, -0.2) is 0 Å². The van der Waals surface area contributed by atoms with Gasteiger partial charge in [-0.05, 0) is 44.9 Å². The lowest BCUT2D eigenvalue weighted by atomic mass is 10.00. The Morgan fingerprint density at radius 1 is 1.33 bits per heavy atom. The Bertz CT molecular complexity index is 585. The Balaban J connectivity index is 1.67. The molecule has 3 rings (SSSR count). The quantitative estimate of drug-likeness (QED) is 0.866. The molecule has 1 aromatic heterocycles. The normalized spacial score (nSPS) is 28.5. The van der Waals surface area contributed by atoms with E-state index in [0.717, 1.165) is 24.4 Å². The smallest absolute Gasteiger partial charge is 0.287 e. The Hall–Kier alpha value is -1.81. The van der Waals surface area contributed by atoms with E-state index in [9.17, 15) is 4.79 Å². The number of piperidine rings is 1. The number of nitrogens with one attached hydrogen (secondary N) is 1. The van der Waals surface area contributed by atoms with E-state index in [2.05, 4.69) is 10.2 Å². The maximum atomic E-state index is 12.3. The van der Waals surface area contributed by atoms with Crippen LogP contribution in [0.15, 0.2) is 34.8 Å². The fraction of sp³-hybridized carbons (Fsp3) is 0.471. The molecule has 3 atom stereocenters. The van der Waals surface area contributed by atoms with Crippen molar-refractivity contribution in [1.82, 2.24) is 10.2 Å². The first kappa shape index (κ1) is 14.1. The number of carbonyl (C=O) groups excluding carboxylic acids is 1. The molecule has 0 saturated carbocycles. The molecule has 3 heterocycles. The molecule has 2 fully saturated rings. The molecule has 0 spiro atoms. The molecule has 0 aromatic carbocycles. The van der Waals surface area contributed by atoms with E-state index in [4.69, 9.17) is 4.42 Å². The molecular formula is C17H22N2O2. The van der Waals surface area contributed by atoms with E-state index in [0.29, 0.717) is 11.7 Å². The van der Waals surface area contributed by atoms with Gasteiger partial charge < -0.3 is 14.6 Å². The number of allylic oxidation sites excluding steroid dienone is 4. The van der Waals surface area contributed by atoms with Crippen LogP contribution in [0.2, 0.25) is 0 Å². The summed E-state index contributed by atoms with van der Waals surface area (Å²) in [7, 11) is 0. The predicted molar refractivity (Wildman–Crippen MR) is 83.0 cm³/mol. The fourth-order valence-corrected chi connectivity index (χ4v) is 3.30. The minimum absolute atomic E-state index is 0.101. The van der Waals surface area contributed by atoms with Crippen molar-refractivity contribution in [2.24, 2.45) is 5.92 Å². The highest BCUT2D eigenvalue weighted by Gasteiger charge is 2.38. The summed E-state index contributed by atoms with van der Waals surface area (Å²) in [6, 6.07) is 3.89. The van der Waals surface area contributed by atoms with Crippen LogP contribution in [0.5, 0.6) is 0 Å². The highest BCUT2D eigenvalue weighted by atomic mass is 16.3. The Morgan fingerprint density at radius 3 is 2.76 bits per heavy atom. The van der Waals surface area contributed by atoms with Gasteiger partial charge in [-0.2, -0.15) is 0 Å². The van der Waals surface area contributed by atoms with Gasteiger partial charge in [-0.15, -0.1) is 0 Å². The fourth-order valence-electron chi connectivity index (χ4n) is 3.30. The zero-order valence-corrected chi connectivity index (χ0v) is 12.6. The lowest BCUT2D eigenvalue weighted by Crippen LogP contribution is -2.43. The zero-order chi connectivity index (χ0) is 14.8. The first-order chi connectivity index (χ1) is 10.2. The van der Waals surface area contributed by atoms with Crippen LogP contribution in [0, 0.1) is 5.92 Å². The average Bonchev–Trinajstić information content (AvgIpc) is 3.20. The van der Waals surface area contributed by atoms with Crippen LogP contribution in [0.25, 0.3) is 5.57 Å². The first-order valence-electron chi connectivity index (χ1n) is 7.63. The van der Waals surface area contributed by atoms with Crippen molar-refractivity contribution in [1.29, 1.82) is 0 Å². The predicted octanol–water partition coefficient (Wildman–Crippen LogP) is 2.69. The Labute approximate surface area is 125 Å². The third kappa shape index (κ3) is 2.81. The van der Waals surface area contributed by atoms with Crippen molar-refractivity contribution in [3.8, 4) is 0 Å². The van der Waals surface area contributed by atoms with Gasteiger partial charge in [0.15, 0.2) is 5.76 Å². The van der Waals surface area contributed by atoms with Gasteiger partial charge >= 0.3 is 0 Å². The number of amides is 1. The maximum absolute atomic E-state index is 12.3. The van der Waals surface area contributed by atoms with E-state index in [1.165, 1.54) is 13.0 Å². The second kappa shape index (κ2) is 5.90. The van der Waals surface area contributed by atoms with E-state index < -0.39 is 0 Å². The summed E-state index contributed by atoms with van der Waals surface area (Å²) in [6.07, 6.45) is 7.10. The lowest BCUT2D eigenvalue weighted by molar-refractivity contribution is 0.0895.